The van der Waals surface area contributed by atoms with Crippen molar-refractivity contribution in [3.05, 3.63) is 71.3 Å². The summed E-state index contributed by atoms with van der Waals surface area (Å²) in [6.07, 6.45) is 5.04. The van der Waals surface area contributed by atoms with Gasteiger partial charge in [0.2, 0.25) is 0 Å². The summed E-state index contributed by atoms with van der Waals surface area (Å²) in [5.41, 5.74) is 3.73. The van der Waals surface area contributed by atoms with E-state index in [0.717, 1.165) is 55.2 Å². The number of rotatable bonds is 6. The molecular formula is C24H28N6O3. The minimum absolute atomic E-state index is 0.0443. The molecule has 5 rings (SSSR count). The number of carbonyl (C=O) groups excluding carboxylic acids is 1. The molecule has 3 aromatic rings. The standard InChI is InChI=1S/C24H28N6O3/c1-32-20-6-4-17(5-7-20)23-15-30-22(16-33-23)21(27-28-30)14-29-11-8-19(9-12-29)26-24(31)18-3-2-10-25-13-18/h2-7,10,13,19,23H,8-9,11-12,14-16H2,1H3,(H,26,31). The van der Waals surface area contributed by atoms with Gasteiger partial charge in [0.25, 0.3) is 5.91 Å². The summed E-state index contributed by atoms with van der Waals surface area (Å²) in [4.78, 5) is 18.8. The molecule has 9 heteroatoms. The number of likely N-dealkylation sites (tertiary alicyclic amines) is 1. The summed E-state index contributed by atoms with van der Waals surface area (Å²) in [7, 11) is 1.66. The zero-order chi connectivity index (χ0) is 22.6. The third kappa shape index (κ3) is 4.89. The van der Waals surface area contributed by atoms with Crippen LogP contribution in [-0.4, -0.2) is 57.0 Å². The van der Waals surface area contributed by atoms with Gasteiger partial charge < -0.3 is 14.8 Å². The van der Waals surface area contributed by atoms with E-state index in [0.29, 0.717) is 18.7 Å². The van der Waals surface area contributed by atoms with Gasteiger partial charge in [-0.3, -0.25) is 14.7 Å². The number of nitrogens with zero attached hydrogens (tertiary/aromatic N) is 5. The number of pyridine rings is 1. The summed E-state index contributed by atoms with van der Waals surface area (Å²) in [5, 5.41) is 12.0. The topological polar surface area (TPSA) is 94.4 Å². The maximum atomic E-state index is 12.4. The van der Waals surface area contributed by atoms with Crippen LogP contribution in [0.3, 0.4) is 0 Å². The van der Waals surface area contributed by atoms with Gasteiger partial charge in [-0.05, 0) is 42.7 Å². The molecule has 1 N–H and O–H groups in total. The molecule has 0 saturated carbocycles. The lowest BCUT2D eigenvalue weighted by molar-refractivity contribution is -0.00218. The van der Waals surface area contributed by atoms with Crippen LogP contribution < -0.4 is 10.1 Å². The number of aromatic nitrogens is 4. The minimum Gasteiger partial charge on any atom is -0.497 e. The van der Waals surface area contributed by atoms with Crippen LogP contribution in [0.1, 0.15) is 46.3 Å². The summed E-state index contributed by atoms with van der Waals surface area (Å²) in [6, 6.07) is 11.7. The van der Waals surface area contributed by atoms with Gasteiger partial charge in [0, 0.05) is 38.1 Å². The van der Waals surface area contributed by atoms with Crippen molar-refractivity contribution in [2.45, 2.75) is 44.7 Å². The molecule has 2 aliphatic heterocycles. The Balaban J connectivity index is 1.14. The van der Waals surface area contributed by atoms with Crippen LogP contribution in [0, 0.1) is 0 Å². The molecule has 1 amide bonds. The highest BCUT2D eigenvalue weighted by Gasteiger charge is 2.27. The molecule has 9 nitrogen and oxygen atoms in total. The Morgan fingerprint density at radius 2 is 2.03 bits per heavy atom. The quantitative estimate of drug-likeness (QED) is 0.619. The third-order valence-corrected chi connectivity index (χ3v) is 6.39. The summed E-state index contributed by atoms with van der Waals surface area (Å²) in [6.45, 7) is 3.70. The van der Waals surface area contributed by atoms with Crippen LogP contribution >= 0.6 is 0 Å². The highest BCUT2D eigenvalue weighted by molar-refractivity contribution is 5.94. The van der Waals surface area contributed by atoms with Crippen LogP contribution in [0.2, 0.25) is 0 Å². The number of amides is 1. The van der Waals surface area contributed by atoms with E-state index in [1.54, 1.807) is 31.6 Å². The lowest BCUT2D eigenvalue weighted by Gasteiger charge is -2.32. The van der Waals surface area contributed by atoms with E-state index >= 15 is 0 Å². The van der Waals surface area contributed by atoms with Gasteiger partial charge in [-0.2, -0.15) is 0 Å². The van der Waals surface area contributed by atoms with Crippen LogP contribution in [0.25, 0.3) is 0 Å². The Morgan fingerprint density at radius 1 is 1.21 bits per heavy atom. The first-order chi connectivity index (χ1) is 16.2. The van der Waals surface area contributed by atoms with Crippen molar-refractivity contribution in [1.82, 2.24) is 30.2 Å². The predicted molar refractivity (Wildman–Crippen MR) is 121 cm³/mol. The van der Waals surface area contributed by atoms with Crippen LogP contribution in [-0.2, 0) is 24.4 Å². The smallest absolute Gasteiger partial charge is 0.253 e. The fourth-order valence-corrected chi connectivity index (χ4v) is 4.42. The normalized spacial score (nSPS) is 19.1. The van der Waals surface area contributed by atoms with Crippen LogP contribution in [0.4, 0.5) is 0 Å². The molecule has 1 fully saturated rings. The molecule has 0 aliphatic carbocycles. The van der Waals surface area contributed by atoms with E-state index < -0.39 is 0 Å². The maximum absolute atomic E-state index is 12.4. The Morgan fingerprint density at radius 3 is 2.76 bits per heavy atom. The fraction of sp³-hybridized carbons (Fsp3) is 0.417. The number of carbonyl (C=O) groups is 1. The number of nitrogens with one attached hydrogen (secondary N) is 1. The highest BCUT2D eigenvalue weighted by atomic mass is 16.5. The largest absolute Gasteiger partial charge is 0.497 e. The second-order valence-electron chi connectivity index (χ2n) is 8.50. The first kappa shape index (κ1) is 21.5. The molecule has 0 bridgehead atoms. The van der Waals surface area contributed by atoms with Gasteiger partial charge in [-0.1, -0.05) is 17.3 Å². The Kier molecular flexibility index (Phi) is 6.32. The molecule has 1 atom stereocenters. The number of benzene rings is 1. The Labute approximate surface area is 192 Å². The van der Waals surface area contributed by atoms with Crippen LogP contribution in [0.15, 0.2) is 48.8 Å². The lowest BCUT2D eigenvalue weighted by Crippen LogP contribution is -2.44. The van der Waals surface area contributed by atoms with Crippen molar-refractivity contribution in [3.8, 4) is 5.75 Å². The number of hydrogen-bond donors (Lipinski definition) is 1. The molecule has 0 radical (unpaired) electrons. The monoisotopic (exact) mass is 448 g/mol. The molecule has 172 valence electrons. The first-order valence-corrected chi connectivity index (χ1v) is 11.3. The second kappa shape index (κ2) is 9.68. The van der Waals surface area contributed by atoms with E-state index in [9.17, 15) is 4.79 Å². The zero-order valence-electron chi connectivity index (χ0n) is 18.7. The Bertz CT molecular complexity index is 1080. The number of ether oxygens (including phenoxy) is 2. The highest BCUT2D eigenvalue weighted by Crippen LogP contribution is 2.28. The van der Waals surface area contributed by atoms with Gasteiger partial charge in [0.05, 0.1) is 31.5 Å². The van der Waals surface area contributed by atoms with E-state index in [4.69, 9.17) is 9.47 Å². The van der Waals surface area contributed by atoms with Gasteiger partial charge in [0.1, 0.15) is 17.5 Å². The van der Waals surface area contributed by atoms with Crippen molar-refractivity contribution in [2.75, 3.05) is 20.2 Å². The molecule has 2 aromatic heterocycles. The predicted octanol–water partition coefficient (Wildman–Crippen LogP) is 2.35. The fourth-order valence-electron chi connectivity index (χ4n) is 4.42. The summed E-state index contributed by atoms with van der Waals surface area (Å²) >= 11 is 0. The van der Waals surface area contributed by atoms with Gasteiger partial charge in [0.15, 0.2) is 0 Å². The third-order valence-electron chi connectivity index (χ3n) is 6.39. The lowest BCUT2D eigenvalue weighted by atomic mass is 10.0. The maximum Gasteiger partial charge on any atom is 0.253 e. The average Bonchev–Trinajstić information content (AvgIpc) is 3.27. The van der Waals surface area contributed by atoms with Crippen LogP contribution in [0.5, 0.6) is 5.75 Å². The molecule has 33 heavy (non-hydrogen) atoms. The van der Waals surface area contributed by atoms with Crippen molar-refractivity contribution < 1.29 is 14.3 Å². The summed E-state index contributed by atoms with van der Waals surface area (Å²) < 4.78 is 13.3. The van der Waals surface area contributed by atoms with Crippen molar-refractivity contribution in [1.29, 1.82) is 0 Å². The number of methoxy groups -OCH3 is 1. The molecular weight excluding hydrogens is 420 g/mol. The number of piperidine rings is 1. The van der Waals surface area contributed by atoms with Gasteiger partial charge in [-0.15, -0.1) is 5.10 Å². The first-order valence-electron chi connectivity index (χ1n) is 11.3. The molecule has 4 heterocycles. The molecule has 1 saturated heterocycles. The van der Waals surface area contributed by atoms with Gasteiger partial charge in [-0.25, -0.2) is 4.68 Å². The van der Waals surface area contributed by atoms with E-state index in [1.807, 2.05) is 28.9 Å². The molecule has 1 unspecified atom stereocenters. The average molecular weight is 449 g/mol. The molecule has 0 spiro atoms. The number of hydrogen-bond acceptors (Lipinski definition) is 7. The second-order valence-corrected chi connectivity index (χ2v) is 8.50. The Hall–Kier alpha value is -3.30. The van der Waals surface area contributed by atoms with Crippen molar-refractivity contribution in [3.63, 3.8) is 0 Å². The zero-order valence-corrected chi connectivity index (χ0v) is 18.7. The molecule has 1 aromatic carbocycles. The van der Waals surface area contributed by atoms with Crippen molar-refractivity contribution in [2.24, 2.45) is 0 Å². The van der Waals surface area contributed by atoms with Gasteiger partial charge >= 0.3 is 0 Å². The van der Waals surface area contributed by atoms with Crippen molar-refractivity contribution >= 4 is 5.91 Å². The number of fused-ring (bicyclic) bond motifs is 1. The van der Waals surface area contributed by atoms with E-state index in [2.05, 4.69) is 25.5 Å². The molecule has 2 aliphatic rings. The minimum atomic E-state index is -0.0579. The SMILES string of the molecule is COc1ccc(C2Cn3nnc(CN4CCC(NC(=O)c5cccnc5)CC4)c3CO2)cc1. The van der Waals surface area contributed by atoms with E-state index in [1.165, 1.54) is 0 Å². The van der Waals surface area contributed by atoms with E-state index in [-0.39, 0.29) is 18.1 Å². The summed E-state index contributed by atoms with van der Waals surface area (Å²) in [5.74, 6) is 0.774.